The van der Waals surface area contributed by atoms with Gasteiger partial charge in [0, 0.05) is 6.54 Å². The quantitative estimate of drug-likeness (QED) is 0.592. The number of allylic oxidation sites excluding steroid dienone is 1. The Morgan fingerprint density at radius 1 is 1.35 bits per heavy atom. The molecule has 122 valence electrons. The van der Waals surface area contributed by atoms with Gasteiger partial charge in [0.1, 0.15) is 12.4 Å². The van der Waals surface area contributed by atoms with Crippen molar-refractivity contribution in [2.24, 2.45) is 5.73 Å². The second-order valence-electron chi connectivity index (χ2n) is 5.17. The van der Waals surface area contributed by atoms with E-state index in [9.17, 15) is 4.79 Å². The summed E-state index contributed by atoms with van der Waals surface area (Å²) in [6, 6.07) is 6.04. The molecule has 0 aliphatic rings. The van der Waals surface area contributed by atoms with Gasteiger partial charge >= 0.3 is 0 Å². The van der Waals surface area contributed by atoms with Crippen molar-refractivity contribution < 1.29 is 9.53 Å². The van der Waals surface area contributed by atoms with Crippen LogP contribution in [-0.2, 0) is 17.9 Å². The molecule has 0 fully saturated rings. The van der Waals surface area contributed by atoms with Gasteiger partial charge in [-0.1, -0.05) is 23.9 Å². The molecule has 0 bridgehead atoms. The van der Waals surface area contributed by atoms with Gasteiger partial charge in [-0.25, -0.2) is 0 Å². The maximum absolute atomic E-state index is 10.9. The fourth-order valence-electron chi connectivity index (χ4n) is 2.14. The molecule has 2 rings (SSSR count). The van der Waals surface area contributed by atoms with Gasteiger partial charge in [0.15, 0.2) is 11.0 Å². The highest BCUT2D eigenvalue weighted by Gasteiger charge is 2.13. The Balaban J connectivity index is 2.12. The number of hydrogen-bond donors (Lipinski definition) is 1. The Morgan fingerprint density at radius 2 is 2.04 bits per heavy atom. The van der Waals surface area contributed by atoms with E-state index >= 15 is 0 Å². The number of hydrogen-bond acceptors (Lipinski definition) is 5. The van der Waals surface area contributed by atoms with Gasteiger partial charge in [0.2, 0.25) is 5.91 Å². The number of aryl methyl sites for hydroxylation is 2. The van der Waals surface area contributed by atoms with E-state index in [1.54, 1.807) is 6.08 Å². The molecule has 23 heavy (non-hydrogen) atoms. The molecule has 0 saturated heterocycles. The van der Waals surface area contributed by atoms with E-state index in [0.29, 0.717) is 24.1 Å². The number of benzene rings is 1. The molecular weight excluding hydrogens is 312 g/mol. The minimum atomic E-state index is -0.392. The number of aromatic nitrogens is 3. The van der Waals surface area contributed by atoms with Gasteiger partial charge in [0.05, 0.1) is 5.75 Å². The van der Waals surface area contributed by atoms with Gasteiger partial charge in [-0.3, -0.25) is 9.36 Å². The predicted molar refractivity (Wildman–Crippen MR) is 90.4 cm³/mol. The third-order valence-electron chi connectivity index (χ3n) is 3.01. The van der Waals surface area contributed by atoms with Crippen molar-refractivity contribution in [2.75, 3.05) is 5.75 Å². The molecule has 1 heterocycles. The Morgan fingerprint density at radius 3 is 2.65 bits per heavy atom. The Kier molecular flexibility index (Phi) is 5.81. The summed E-state index contributed by atoms with van der Waals surface area (Å²) in [4.78, 5) is 10.9. The standard InChI is InChI=1S/C16H20N4O2S/c1-4-5-20-15(18-19-16(20)23-10-14(17)21)9-22-13-7-11(2)6-12(3)8-13/h4,6-8H,1,5,9-10H2,2-3H3,(H2,17,21). The summed E-state index contributed by atoms with van der Waals surface area (Å²) < 4.78 is 7.69. The van der Waals surface area contributed by atoms with Gasteiger partial charge in [-0.15, -0.1) is 16.8 Å². The number of nitrogens with zero attached hydrogens (tertiary/aromatic N) is 3. The molecule has 0 aliphatic heterocycles. The topological polar surface area (TPSA) is 83.0 Å². The van der Waals surface area contributed by atoms with E-state index in [-0.39, 0.29) is 5.75 Å². The zero-order valence-corrected chi connectivity index (χ0v) is 14.1. The molecule has 7 heteroatoms. The van der Waals surface area contributed by atoms with Crippen molar-refractivity contribution in [2.45, 2.75) is 32.2 Å². The Bertz CT molecular complexity index is 692. The highest BCUT2D eigenvalue weighted by molar-refractivity contribution is 7.99. The molecule has 6 nitrogen and oxygen atoms in total. The normalized spacial score (nSPS) is 10.5. The van der Waals surface area contributed by atoms with E-state index in [1.807, 2.05) is 30.5 Å². The lowest BCUT2D eigenvalue weighted by molar-refractivity contribution is -0.115. The van der Waals surface area contributed by atoms with Crippen molar-refractivity contribution in [1.82, 2.24) is 14.8 Å². The average molecular weight is 332 g/mol. The Hall–Kier alpha value is -2.28. The van der Waals surface area contributed by atoms with Crippen LogP contribution in [0.1, 0.15) is 17.0 Å². The molecule has 0 atom stereocenters. The van der Waals surface area contributed by atoms with Crippen molar-refractivity contribution in [1.29, 1.82) is 0 Å². The fourth-order valence-corrected chi connectivity index (χ4v) is 2.85. The van der Waals surface area contributed by atoms with Gasteiger partial charge in [-0.05, 0) is 37.1 Å². The van der Waals surface area contributed by atoms with E-state index in [0.717, 1.165) is 16.9 Å². The summed E-state index contributed by atoms with van der Waals surface area (Å²) in [5, 5.41) is 8.86. The lowest BCUT2D eigenvalue weighted by atomic mass is 10.1. The largest absolute Gasteiger partial charge is 0.486 e. The van der Waals surface area contributed by atoms with Crippen LogP contribution in [0.3, 0.4) is 0 Å². The number of carbonyl (C=O) groups is 1. The van der Waals surface area contributed by atoms with Crippen LogP contribution in [0, 0.1) is 13.8 Å². The number of carbonyl (C=O) groups excluding carboxylic acids is 1. The summed E-state index contributed by atoms with van der Waals surface area (Å²) in [6.07, 6.45) is 1.75. The van der Waals surface area contributed by atoms with Crippen LogP contribution in [0.5, 0.6) is 5.75 Å². The minimum Gasteiger partial charge on any atom is -0.486 e. The molecule has 0 spiro atoms. The van der Waals surface area contributed by atoms with Crippen LogP contribution in [0.15, 0.2) is 36.0 Å². The highest BCUT2D eigenvalue weighted by Crippen LogP contribution is 2.20. The Labute approximate surface area is 139 Å². The lowest BCUT2D eigenvalue weighted by Crippen LogP contribution is -2.14. The van der Waals surface area contributed by atoms with E-state index in [4.69, 9.17) is 10.5 Å². The van der Waals surface area contributed by atoms with Crippen LogP contribution < -0.4 is 10.5 Å². The van der Waals surface area contributed by atoms with Crippen molar-refractivity contribution in [3.8, 4) is 5.75 Å². The monoisotopic (exact) mass is 332 g/mol. The number of thioether (sulfide) groups is 1. The first-order valence-corrected chi connectivity index (χ1v) is 8.13. The molecule has 1 amide bonds. The number of rotatable bonds is 8. The molecule has 0 saturated carbocycles. The smallest absolute Gasteiger partial charge is 0.227 e. The summed E-state index contributed by atoms with van der Waals surface area (Å²) in [5.41, 5.74) is 7.46. The second-order valence-corrected chi connectivity index (χ2v) is 6.11. The first-order chi connectivity index (χ1) is 11.0. The molecule has 2 N–H and O–H groups in total. The average Bonchev–Trinajstić information content (AvgIpc) is 2.85. The van der Waals surface area contributed by atoms with Crippen LogP contribution in [-0.4, -0.2) is 26.4 Å². The zero-order chi connectivity index (χ0) is 16.8. The highest BCUT2D eigenvalue weighted by atomic mass is 32.2. The third-order valence-corrected chi connectivity index (χ3v) is 4.00. The number of nitrogens with two attached hydrogens (primary N) is 1. The van der Waals surface area contributed by atoms with Crippen molar-refractivity contribution in [3.63, 3.8) is 0 Å². The van der Waals surface area contributed by atoms with E-state index in [1.165, 1.54) is 11.8 Å². The summed E-state index contributed by atoms with van der Waals surface area (Å²) in [7, 11) is 0. The van der Waals surface area contributed by atoms with Gasteiger partial charge in [-0.2, -0.15) is 0 Å². The molecule has 0 radical (unpaired) electrons. The van der Waals surface area contributed by atoms with Gasteiger partial charge < -0.3 is 10.5 Å². The molecule has 0 aliphatic carbocycles. The molecule has 2 aromatic rings. The van der Waals surface area contributed by atoms with Crippen molar-refractivity contribution >= 4 is 17.7 Å². The SMILES string of the molecule is C=CCn1c(COc2cc(C)cc(C)c2)nnc1SCC(N)=O. The van der Waals surface area contributed by atoms with Crippen LogP contribution in [0.25, 0.3) is 0 Å². The van der Waals surface area contributed by atoms with E-state index < -0.39 is 5.91 Å². The van der Waals surface area contributed by atoms with Crippen LogP contribution in [0.4, 0.5) is 0 Å². The number of ether oxygens (including phenoxy) is 1. The maximum Gasteiger partial charge on any atom is 0.227 e. The number of primary amides is 1. The third kappa shape index (κ3) is 4.85. The summed E-state index contributed by atoms with van der Waals surface area (Å²) in [6.45, 7) is 8.62. The predicted octanol–water partition coefficient (Wildman–Crippen LogP) is 2.24. The first kappa shape index (κ1) is 17.1. The fraction of sp³-hybridized carbons (Fsp3) is 0.312. The second kappa shape index (κ2) is 7.82. The molecule has 1 aromatic carbocycles. The van der Waals surface area contributed by atoms with E-state index in [2.05, 4.69) is 22.8 Å². The summed E-state index contributed by atoms with van der Waals surface area (Å²) in [5.74, 6) is 1.24. The summed E-state index contributed by atoms with van der Waals surface area (Å²) >= 11 is 1.25. The van der Waals surface area contributed by atoms with Crippen molar-refractivity contribution in [3.05, 3.63) is 47.8 Å². The molecular formula is C16H20N4O2S. The van der Waals surface area contributed by atoms with Crippen LogP contribution in [0.2, 0.25) is 0 Å². The van der Waals surface area contributed by atoms with Crippen LogP contribution >= 0.6 is 11.8 Å². The molecule has 1 aromatic heterocycles. The lowest BCUT2D eigenvalue weighted by Gasteiger charge is -2.10. The van der Waals surface area contributed by atoms with Gasteiger partial charge in [0.25, 0.3) is 0 Å². The maximum atomic E-state index is 10.9. The zero-order valence-electron chi connectivity index (χ0n) is 13.3. The number of amides is 1. The molecule has 0 unspecified atom stereocenters. The minimum absolute atomic E-state index is 0.160. The first-order valence-electron chi connectivity index (χ1n) is 7.14.